The molecule has 2 amide bonds. The molecule has 8 nitrogen and oxygen atoms in total. The summed E-state index contributed by atoms with van der Waals surface area (Å²) in [5.74, 6) is -0.242. The Kier molecular flexibility index (Phi) is 5.90. The number of aryl methyl sites for hydroxylation is 1. The number of non-ortho nitro benzene ring substituents is 1. The normalized spacial score (nSPS) is 11.3. The third-order valence-electron chi connectivity index (χ3n) is 3.55. The lowest BCUT2D eigenvalue weighted by Crippen LogP contribution is -2.30. The van der Waals surface area contributed by atoms with Crippen molar-refractivity contribution in [1.82, 2.24) is 0 Å². The maximum atomic E-state index is 12.3. The van der Waals surface area contributed by atoms with Crippen LogP contribution in [0.1, 0.15) is 19.4 Å². The molecule has 2 aromatic rings. The van der Waals surface area contributed by atoms with Crippen molar-refractivity contribution >= 4 is 28.9 Å². The Morgan fingerprint density at radius 2 is 1.77 bits per heavy atom. The van der Waals surface area contributed by atoms with Crippen LogP contribution in [0.5, 0.6) is 5.75 Å². The van der Waals surface area contributed by atoms with E-state index in [0.717, 1.165) is 5.56 Å². The number of anilines is 2. The minimum Gasteiger partial charge on any atom is -0.481 e. The Bertz CT molecular complexity index is 833. The number of nitrogens with one attached hydrogen (secondary N) is 2. The van der Waals surface area contributed by atoms with Crippen molar-refractivity contribution < 1.29 is 19.2 Å². The summed E-state index contributed by atoms with van der Waals surface area (Å²) >= 11 is 0. The van der Waals surface area contributed by atoms with Gasteiger partial charge in [-0.15, -0.1) is 0 Å². The molecule has 0 aliphatic rings. The van der Waals surface area contributed by atoms with Gasteiger partial charge in [0.25, 0.3) is 11.6 Å². The Hall–Kier alpha value is -3.42. The molecule has 0 bridgehead atoms. The number of nitro benzene ring substituents is 1. The number of nitrogens with zero attached hydrogens (tertiary/aromatic N) is 1. The molecule has 2 rings (SSSR count). The summed E-state index contributed by atoms with van der Waals surface area (Å²) in [6, 6.07) is 10.6. The molecule has 136 valence electrons. The van der Waals surface area contributed by atoms with E-state index in [1.807, 2.05) is 6.92 Å². The van der Waals surface area contributed by atoms with E-state index in [9.17, 15) is 19.7 Å². The second kappa shape index (κ2) is 8.11. The fraction of sp³-hybridized carbons (Fsp3) is 0.222. The van der Waals surface area contributed by atoms with Crippen molar-refractivity contribution in [3.05, 3.63) is 58.1 Å². The first kappa shape index (κ1) is 18.9. The van der Waals surface area contributed by atoms with Crippen LogP contribution >= 0.6 is 0 Å². The molecule has 0 fully saturated rings. The van der Waals surface area contributed by atoms with Gasteiger partial charge in [0.1, 0.15) is 5.75 Å². The summed E-state index contributed by atoms with van der Waals surface area (Å²) in [7, 11) is 0. The van der Waals surface area contributed by atoms with Gasteiger partial charge >= 0.3 is 0 Å². The smallest absolute Gasteiger partial charge is 0.269 e. The van der Waals surface area contributed by atoms with Crippen molar-refractivity contribution in [3.63, 3.8) is 0 Å². The highest BCUT2D eigenvalue weighted by Gasteiger charge is 2.16. The number of ether oxygens (including phenoxy) is 1. The molecule has 0 heterocycles. The highest BCUT2D eigenvalue weighted by atomic mass is 16.6. The number of rotatable bonds is 6. The number of hydrogen-bond acceptors (Lipinski definition) is 5. The molecular formula is C18H19N3O5. The van der Waals surface area contributed by atoms with E-state index in [-0.39, 0.29) is 17.5 Å². The van der Waals surface area contributed by atoms with Crippen molar-refractivity contribution in [2.75, 3.05) is 10.6 Å². The molecule has 0 aliphatic heterocycles. The maximum Gasteiger partial charge on any atom is 0.269 e. The minimum absolute atomic E-state index is 0.0559. The fourth-order valence-electron chi connectivity index (χ4n) is 2.17. The molecule has 2 N–H and O–H groups in total. The highest BCUT2D eigenvalue weighted by Crippen LogP contribution is 2.22. The van der Waals surface area contributed by atoms with Gasteiger partial charge in [-0.2, -0.15) is 0 Å². The Morgan fingerprint density at radius 3 is 2.35 bits per heavy atom. The van der Waals surface area contributed by atoms with Crippen LogP contribution < -0.4 is 15.4 Å². The second-order valence-electron chi connectivity index (χ2n) is 5.71. The van der Waals surface area contributed by atoms with E-state index in [2.05, 4.69) is 10.6 Å². The Labute approximate surface area is 150 Å². The van der Waals surface area contributed by atoms with Gasteiger partial charge in [-0.1, -0.05) is 6.07 Å². The Morgan fingerprint density at radius 1 is 1.12 bits per heavy atom. The summed E-state index contributed by atoms with van der Waals surface area (Å²) in [5, 5.41) is 16.0. The highest BCUT2D eigenvalue weighted by molar-refractivity contribution is 5.96. The van der Waals surface area contributed by atoms with Crippen molar-refractivity contribution in [1.29, 1.82) is 0 Å². The lowest BCUT2D eigenvalue weighted by molar-refractivity contribution is -0.384. The number of carbonyl (C=O) groups excluding carboxylic acids is 2. The zero-order valence-corrected chi connectivity index (χ0v) is 14.6. The van der Waals surface area contributed by atoms with Crippen LogP contribution in [0.3, 0.4) is 0 Å². The van der Waals surface area contributed by atoms with Gasteiger partial charge < -0.3 is 15.4 Å². The average molecular weight is 357 g/mol. The van der Waals surface area contributed by atoms with Gasteiger partial charge in [0.15, 0.2) is 6.10 Å². The molecule has 1 atom stereocenters. The number of nitro groups is 1. The van der Waals surface area contributed by atoms with Crippen LogP contribution in [0.4, 0.5) is 17.1 Å². The summed E-state index contributed by atoms with van der Waals surface area (Å²) in [5.41, 5.74) is 1.94. The largest absolute Gasteiger partial charge is 0.481 e. The Balaban J connectivity index is 2.02. The van der Waals surface area contributed by atoms with Crippen LogP contribution in [0.2, 0.25) is 0 Å². The monoisotopic (exact) mass is 357 g/mol. The molecule has 0 aliphatic carbocycles. The fourth-order valence-corrected chi connectivity index (χ4v) is 2.17. The number of amides is 2. The molecular weight excluding hydrogens is 338 g/mol. The van der Waals surface area contributed by atoms with Gasteiger partial charge in [0.2, 0.25) is 5.91 Å². The van der Waals surface area contributed by atoms with Crippen molar-refractivity contribution in [3.8, 4) is 5.75 Å². The summed E-state index contributed by atoms with van der Waals surface area (Å²) < 4.78 is 5.50. The van der Waals surface area contributed by atoms with Crippen LogP contribution in [0, 0.1) is 17.0 Å². The molecule has 0 saturated carbocycles. The summed E-state index contributed by atoms with van der Waals surface area (Å²) in [6.45, 7) is 4.82. The molecule has 0 spiro atoms. The molecule has 26 heavy (non-hydrogen) atoms. The van der Waals surface area contributed by atoms with E-state index < -0.39 is 11.0 Å². The molecule has 8 heteroatoms. The van der Waals surface area contributed by atoms with Gasteiger partial charge in [-0.3, -0.25) is 19.7 Å². The average Bonchev–Trinajstić information content (AvgIpc) is 2.57. The standard InChI is InChI=1S/C18H19N3O5/c1-11-4-5-14(10-17(11)19-13(3)22)20-18(23)12(2)26-16-8-6-15(7-9-16)21(24)25/h4-10,12H,1-3H3,(H,19,22)(H,20,23). The van der Waals surface area contributed by atoms with Gasteiger partial charge in [-0.25, -0.2) is 0 Å². The summed E-state index contributed by atoms with van der Waals surface area (Å²) in [4.78, 5) is 33.6. The second-order valence-corrected chi connectivity index (χ2v) is 5.71. The third kappa shape index (κ3) is 5.04. The third-order valence-corrected chi connectivity index (χ3v) is 3.55. The molecule has 2 aromatic carbocycles. The quantitative estimate of drug-likeness (QED) is 0.609. The van der Waals surface area contributed by atoms with Gasteiger partial charge in [0.05, 0.1) is 4.92 Å². The van der Waals surface area contributed by atoms with Crippen LogP contribution in [-0.2, 0) is 9.59 Å². The zero-order valence-electron chi connectivity index (χ0n) is 14.6. The molecule has 1 unspecified atom stereocenters. The predicted molar refractivity (Wildman–Crippen MR) is 97.3 cm³/mol. The maximum absolute atomic E-state index is 12.3. The molecule has 0 aromatic heterocycles. The van der Waals surface area contributed by atoms with E-state index in [1.54, 1.807) is 25.1 Å². The number of carbonyl (C=O) groups is 2. The van der Waals surface area contributed by atoms with E-state index in [4.69, 9.17) is 4.74 Å². The first-order valence-corrected chi connectivity index (χ1v) is 7.86. The van der Waals surface area contributed by atoms with E-state index in [0.29, 0.717) is 17.1 Å². The minimum atomic E-state index is -0.818. The molecule has 0 saturated heterocycles. The zero-order chi connectivity index (χ0) is 19.3. The molecule has 0 radical (unpaired) electrons. The lowest BCUT2D eigenvalue weighted by Gasteiger charge is -2.15. The SMILES string of the molecule is CC(=O)Nc1cc(NC(=O)C(C)Oc2ccc([N+](=O)[O-])cc2)ccc1C. The summed E-state index contributed by atoms with van der Waals surface area (Å²) in [6.07, 6.45) is -0.818. The van der Waals surface area contributed by atoms with E-state index in [1.165, 1.54) is 31.2 Å². The topological polar surface area (TPSA) is 111 Å². The van der Waals surface area contributed by atoms with E-state index >= 15 is 0 Å². The number of benzene rings is 2. The van der Waals surface area contributed by atoms with Crippen LogP contribution in [0.15, 0.2) is 42.5 Å². The van der Waals surface area contributed by atoms with Crippen LogP contribution in [0.25, 0.3) is 0 Å². The number of hydrogen-bond donors (Lipinski definition) is 2. The van der Waals surface area contributed by atoms with Crippen LogP contribution in [-0.4, -0.2) is 22.8 Å². The van der Waals surface area contributed by atoms with Crippen molar-refractivity contribution in [2.24, 2.45) is 0 Å². The van der Waals surface area contributed by atoms with Crippen molar-refractivity contribution in [2.45, 2.75) is 26.9 Å². The van der Waals surface area contributed by atoms with Gasteiger partial charge in [0, 0.05) is 30.4 Å². The predicted octanol–water partition coefficient (Wildman–Crippen LogP) is 3.27. The lowest BCUT2D eigenvalue weighted by atomic mass is 10.1. The first-order valence-electron chi connectivity index (χ1n) is 7.86. The van der Waals surface area contributed by atoms with Gasteiger partial charge in [-0.05, 0) is 43.7 Å². The first-order chi connectivity index (χ1) is 12.3.